The molecule has 0 radical (unpaired) electrons. The molecule has 6 nitrogen and oxygen atoms in total. The van der Waals surface area contributed by atoms with Crippen molar-refractivity contribution >= 4 is 34.7 Å². The molecule has 0 atom stereocenters. The monoisotopic (exact) mass is 702 g/mol. The van der Waals surface area contributed by atoms with Crippen molar-refractivity contribution in [2.45, 2.75) is 64.5 Å². The molecule has 50 heavy (non-hydrogen) atoms. The van der Waals surface area contributed by atoms with Crippen LogP contribution in [0.25, 0.3) is 28.2 Å². The lowest BCUT2D eigenvalue weighted by Gasteiger charge is -2.29. The summed E-state index contributed by atoms with van der Waals surface area (Å²) in [6.07, 6.45) is 9.22. The van der Waals surface area contributed by atoms with Gasteiger partial charge in [0.2, 0.25) is 5.95 Å². The van der Waals surface area contributed by atoms with E-state index < -0.39 is 0 Å². The van der Waals surface area contributed by atoms with Gasteiger partial charge in [-0.05, 0) is 112 Å². The van der Waals surface area contributed by atoms with Crippen LogP contribution in [0.3, 0.4) is 0 Å². The van der Waals surface area contributed by atoms with Crippen molar-refractivity contribution in [3.8, 4) is 22.6 Å². The second-order valence-electron chi connectivity index (χ2n) is 14.1. The second-order valence-corrected chi connectivity index (χ2v) is 14.9. The van der Waals surface area contributed by atoms with Gasteiger partial charge in [-0.25, -0.2) is 15.0 Å². The molecule has 7 rings (SSSR count). The molecule has 0 spiro atoms. The average Bonchev–Trinajstić information content (AvgIpc) is 3.85. The SMILES string of the molecule is C=C(C=C(C)C)c1cccc(Cc2ccc(Cn3c(C4CCN(C)CC4)nc(-c4ccc(Cl)c(Cl)c4)c3-c3ccnc(NC4CC4)n3)cc2)c1. The predicted molar refractivity (Wildman–Crippen MR) is 208 cm³/mol. The number of aromatic nitrogens is 4. The predicted octanol–water partition coefficient (Wildman–Crippen LogP) is 10.3. The Morgan fingerprint density at radius 3 is 2.36 bits per heavy atom. The van der Waals surface area contributed by atoms with Gasteiger partial charge in [0.05, 0.1) is 27.1 Å². The number of halogens is 2. The lowest BCUT2D eigenvalue weighted by atomic mass is 9.96. The molecule has 8 heteroatoms. The first kappa shape index (κ1) is 34.2. The van der Waals surface area contributed by atoms with Gasteiger partial charge in [0.25, 0.3) is 0 Å². The van der Waals surface area contributed by atoms with E-state index in [1.54, 1.807) is 0 Å². The molecule has 0 unspecified atom stereocenters. The highest BCUT2D eigenvalue weighted by Gasteiger charge is 2.29. The third-order valence-corrected chi connectivity index (χ3v) is 10.4. The summed E-state index contributed by atoms with van der Waals surface area (Å²) in [6.45, 7) is 11.2. The summed E-state index contributed by atoms with van der Waals surface area (Å²) in [6, 6.07) is 25.9. The fourth-order valence-electron chi connectivity index (χ4n) is 6.78. The van der Waals surface area contributed by atoms with Crippen molar-refractivity contribution in [1.29, 1.82) is 0 Å². The quantitative estimate of drug-likeness (QED) is 0.139. The van der Waals surface area contributed by atoms with Crippen molar-refractivity contribution in [1.82, 2.24) is 24.4 Å². The van der Waals surface area contributed by atoms with Crippen LogP contribution in [0.5, 0.6) is 0 Å². The van der Waals surface area contributed by atoms with Crippen LogP contribution in [-0.2, 0) is 13.0 Å². The van der Waals surface area contributed by atoms with Crippen LogP contribution >= 0.6 is 23.2 Å². The van der Waals surface area contributed by atoms with E-state index >= 15 is 0 Å². The van der Waals surface area contributed by atoms with Gasteiger partial charge in [0.15, 0.2) is 0 Å². The molecule has 3 heterocycles. The zero-order valence-corrected chi connectivity index (χ0v) is 30.6. The Morgan fingerprint density at radius 1 is 0.880 bits per heavy atom. The van der Waals surface area contributed by atoms with Crippen molar-refractivity contribution in [2.24, 2.45) is 0 Å². The van der Waals surface area contributed by atoms with Gasteiger partial charge in [-0.3, -0.25) is 0 Å². The van der Waals surface area contributed by atoms with Gasteiger partial charge >= 0.3 is 0 Å². The van der Waals surface area contributed by atoms with E-state index in [0.717, 1.165) is 84.8 Å². The maximum absolute atomic E-state index is 6.59. The number of allylic oxidation sites excluding steroid dienone is 3. The standard InChI is InChI=1S/C42H44Cl2N6/c1-27(2)22-28(3)33-7-5-6-31(24-33)23-29-8-10-30(11-9-29)26-50-40(38-16-19-45-42(47-38)46-35-13-14-35)39(34-12-15-36(43)37(44)25-34)48-41(50)32-17-20-49(4)21-18-32/h5-12,15-16,19,22,24-25,32,35H,3,13-14,17-18,20-21,23,26H2,1-2,4H3,(H,45,46,47). The summed E-state index contributed by atoms with van der Waals surface area (Å²) >= 11 is 13.0. The van der Waals surface area contributed by atoms with E-state index in [1.165, 1.54) is 22.3 Å². The summed E-state index contributed by atoms with van der Waals surface area (Å²) in [5, 5.41) is 4.52. The molecule has 1 saturated carbocycles. The lowest BCUT2D eigenvalue weighted by molar-refractivity contribution is 0.249. The van der Waals surface area contributed by atoms with Crippen LogP contribution in [0.1, 0.15) is 73.5 Å². The van der Waals surface area contributed by atoms with E-state index in [-0.39, 0.29) is 0 Å². The number of nitrogens with zero attached hydrogens (tertiary/aromatic N) is 5. The van der Waals surface area contributed by atoms with Gasteiger partial charge in [-0.2, -0.15) is 0 Å². The topological polar surface area (TPSA) is 58.9 Å². The summed E-state index contributed by atoms with van der Waals surface area (Å²) in [5.74, 6) is 2.05. The summed E-state index contributed by atoms with van der Waals surface area (Å²) < 4.78 is 2.39. The normalized spacial score (nSPS) is 15.2. The number of imidazole rings is 1. The summed E-state index contributed by atoms with van der Waals surface area (Å²) in [4.78, 5) is 17.5. The smallest absolute Gasteiger partial charge is 0.223 e. The highest BCUT2D eigenvalue weighted by molar-refractivity contribution is 6.42. The molecular formula is C42H44Cl2N6. The Balaban J connectivity index is 1.26. The van der Waals surface area contributed by atoms with E-state index in [0.29, 0.717) is 34.5 Å². The van der Waals surface area contributed by atoms with Crippen molar-refractivity contribution in [2.75, 3.05) is 25.5 Å². The molecule has 1 aliphatic carbocycles. The van der Waals surface area contributed by atoms with Gasteiger partial charge < -0.3 is 14.8 Å². The number of likely N-dealkylation sites (tertiary alicyclic amines) is 1. The number of piperidine rings is 1. The van der Waals surface area contributed by atoms with Gasteiger partial charge in [0.1, 0.15) is 5.82 Å². The molecule has 1 saturated heterocycles. The highest BCUT2D eigenvalue weighted by Crippen LogP contribution is 2.39. The second kappa shape index (κ2) is 14.9. The third-order valence-electron chi connectivity index (χ3n) is 9.62. The molecule has 3 aromatic carbocycles. The highest BCUT2D eigenvalue weighted by atomic mass is 35.5. The number of anilines is 1. The summed E-state index contributed by atoms with van der Waals surface area (Å²) in [5.41, 5.74) is 10.8. The minimum atomic E-state index is 0.319. The molecule has 256 valence electrons. The fraction of sp³-hybridized carbons (Fsp3) is 0.310. The fourth-order valence-corrected chi connectivity index (χ4v) is 7.08. The first-order valence-electron chi connectivity index (χ1n) is 17.6. The lowest BCUT2D eigenvalue weighted by Crippen LogP contribution is -2.30. The molecule has 2 aliphatic rings. The Labute approximate surface area is 305 Å². The van der Waals surface area contributed by atoms with E-state index in [1.807, 2.05) is 30.5 Å². The number of benzene rings is 3. The Hall–Kier alpha value is -4.23. The number of hydrogen-bond acceptors (Lipinski definition) is 5. The van der Waals surface area contributed by atoms with Crippen LogP contribution in [0, 0.1) is 0 Å². The van der Waals surface area contributed by atoms with Gasteiger partial charge in [-0.15, -0.1) is 0 Å². The molecular weight excluding hydrogens is 659 g/mol. The van der Waals surface area contributed by atoms with Crippen LogP contribution in [0.2, 0.25) is 10.0 Å². The molecule has 1 N–H and O–H groups in total. The molecule has 0 amide bonds. The third kappa shape index (κ3) is 8.04. The maximum Gasteiger partial charge on any atom is 0.223 e. The first-order valence-corrected chi connectivity index (χ1v) is 18.3. The largest absolute Gasteiger partial charge is 0.351 e. The number of nitrogens with one attached hydrogen (secondary N) is 1. The Morgan fingerprint density at radius 2 is 1.64 bits per heavy atom. The Bertz CT molecular complexity index is 2030. The molecule has 2 fully saturated rings. The van der Waals surface area contributed by atoms with Gasteiger partial charge in [-0.1, -0.05) is 96.0 Å². The van der Waals surface area contributed by atoms with Gasteiger partial charge in [0, 0.05) is 30.3 Å². The number of rotatable bonds is 11. The van der Waals surface area contributed by atoms with Crippen LogP contribution in [-0.4, -0.2) is 50.6 Å². The van der Waals surface area contributed by atoms with Crippen molar-refractivity contribution < 1.29 is 0 Å². The van der Waals surface area contributed by atoms with E-state index in [2.05, 4.69) is 102 Å². The van der Waals surface area contributed by atoms with Crippen molar-refractivity contribution in [3.63, 3.8) is 0 Å². The minimum Gasteiger partial charge on any atom is -0.351 e. The molecule has 2 aromatic heterocycles. The van der Waals surface area contributed by atoms with Crippen LogP contribution < -0.4 is 5.32 Å². The number of hydrogen-bond donors (Lipinski definition) is 1. The zero-order valence-electron chi connectivity index (χ0n) is 29.1. The summed E-state index contributed by atoms with van der Waals surface area (Å²) in [7, 11) is 2.20. The zero-order chi connectivity index (χ0) is 34.8. The Kier molecular flexibility index (Phi) is 10.2. The maximum atomic E-state index is 6.59. The molecule has 0 bridgehead atoms. The van der Waals surface area contributed by atoms with E-state index in [4.69, 9.17) is 33.2 Å². The van der Waals surface area contributed by atoms with E-state index in [9.17, 15) is 0 Å². The van der Waals surface area contributed by atoms with Crippen molar-refractivity contribution in [3.05, 3.63) is 135 Å². The van der Waals surface area contributed by atoms with Crippen LogP contribution in [0.4, 0.5) is 5.95 Å². The molecule has 1 aliphatic heterocycles. The first-order chi connectivity index (χ1) is 24.2. The van der Waals surface area contributed by atoms with Crippen LogP contribution in [0.15, 0.2) is 97.2 Å². The molecule has 5 aromatic rings. The average molecular weight is 704 g/mol. The minimum absolute atomic E-state index is 0.319.